The lowest BCUT2D eigenvalue weighted by Crippen LogP contribution is -2.25. The van der Waals surface area contributed by atoms with Crippen molar-refractivity contribution in [1.29, 1.82) is 0 Å². The third-order valence-electron chi connectivity index (χ3n) is 2.99. The second kappa shape index (κ2) is 5.14. The second-order valence-electron chi connectivity index (χ2n) is 4.25. The molecular weight excluding hydrogens is 238 g/mol. The molecule has 0 bridgehead atoms. The number of ether oxygens (including phenoxy) is 1. The van der Waals surface area contributed by atoms with Crippen LogP contribution in [0.5, 0.6) is 0 Å². The summed E-state index contributed by atoms with van der Waals surface area (Å²) >= 11 is 0. The van der Waals surface area contributed by atoms with Crippen LogP contribution in [0.2, 0.25) is 0 Å². The molecule has 1 aromatic rings. The summed E-state index contributed by atoms with van der Waals surface area (Å²) in [5.41, 5.74) is 0.173. The Labute approximate surface area is 103 Å². The highest BCUT2D eigenvalue weighted by atomic mass is 16.6. The van der Waals surface area contributed by atoms with Crippen molar-refractivity contribution in [2.75, 3.05) is 0 Å². The number of hydrogen-bond donors (Lipinski definition) is 1. The van der Waals surface area contributed by atoms with Crippen LogP contribution in [-0.2, 0) is 4.74 Å². The van der Waals surface area contributed by atoms with Gasteiger partial charge in [0.2, 0.25) is 0 Å². The Balaban J connectivity index is 2.02. The molecule has 1 aromatic carbocycles. The van der Waals surface area contributed by atoms with Gasteiger partial charge >= 0.3 is 5.97 Å². The Morgan fingerprint density at radius 1 is 1.33 bits per heavy atom. The lowest BCUT2D eigenvalue weighted by Gasteiger charge is -2.15. The summed E-state index contributed by atoms with van der Waals surface area (Å²) in [5, 5.41) is 20.0. The zero-order valence-corrected chi connectivity index (χ0v) is 9.61. The minimum Gasteiger partial charge on any atom is -0.456 e. The number of nitrogens with zero attached hydrogens (tertiary/aromatic N) is 1. The SMILES string of the molecule is O=C(OC1CCCC1O)c1ccc([N+](=O)[O-])cc1. The molecule has 1 saturated carbocycles. The molecule has 0 spiro atoms. The Bertz CT molecular complexity index is 456. The van der Waals surface area contributed by atoms with Crippen molar-refractivity contribution in [1.82, 2.24) is 0 Å². The number of nitro groups is 1. The lowest BCUT2D eigenvalue weighted by atomic mass is 10.2. The van der Waals surface area contributed by atoms with Gasteiger partial charge in [0.05, 0.1) is 16.6 Å². The first kappa shape index (κ1) is 12.5. The number of rotatable bonds is 3. The standard InChI is InChI=1S/C12H13NO5/c14-10-2-1-3-11(10)18-12(15)8-4-6-9(7-5-8)13(16)17/h4-7,10-11,14H,1-3H2. The molecule has 0 heterocycles. The van der Waals surface area contributed by atoms with E-state index in [0.29, 0.717) is 12.8 Å². The Kier molecular flexibility index (Phi) is 3.57. The number of aliphatic hydroxyl groups excluding tert-OH is 1. The highest BCUT2D eigenvalue weighted by molar-refractivity contribution is 5.89. The van der Waals surface area contributed by atoms with E-state index in [4.69, 9.17) is 4.74 Å². The molecule has 0 aliphatic heterocycles. The first-order valence-corrected chi connectivity index (χ1v) is 5.71. The number of non-ortho nitro benzene ring substituents is 1. The number of esters is 1. The number of hydrogen-bond acceptors (Lipinski definition) is 5. The van der Waals surface area contributed by atoms with E-state index < -0.39 is 23.1 Å². The van der Waals surface area contributed by atoms with Gasteiger partial charge in [0.15, 0.2) is 0 Å². The van der Waals surface area contributed by atoms with Crippen LogP contribution in [0.1, 0.15) is 29.6 Å². The molecule has 96 valence electrons. The minimum absolute atomic E-state index is 0.0764. The van der Waals surface area contributed by atoms with Crippen molar-refractivity contribution in [3.8, 4) is 0 Å². The monoisotopic (exact) mass is 251 g/mol. The van der Waals surface area contributed by atoms with E-state index >= 15 is 0 Å². The fourth-order valence-corrected chi connectivity index (χ4v) is 1.97. The van der Waals surface area contributed by atoms with Crippen LogP contribution in [0, 0.1) is 10.1 Å². The molecule has 1 aliphatic carbocycles. The largest absolute Gasteiger partial charge is 0.456 e. The van der Waals surface area contributed by atoms with Gasteiger partial charge in [-0.15, -0.1) is 0 Å². The Morgan fingerprint density at radius 3 is 2.50 bits per heavy atom. The van der Waals surface area contributed by atoms with E-state index in [1.807, 2.05) is 0 Å². The molecule has 1 N–H and O–H groups in total. The molecule has 2 unspecified atom stereocenters. The van der Waals surface area contributed by atoms with E-state index in [1.54, 1.807) is 0 Å². The molecule has 18 heavy (non-hydrogen) atoms. The molecule has 1 aliphatic rings. The first-order valence-electron chi connectivity index (χ1n) is 5.71. The molecule has 0 aromatic heterocycles. The fraction of sp³-hybridized carbons (Fsp3) is 0.417. The highest BCUT2D eigenvalue weighted by Gasteiger charge is 2.29. The summed E-state index contributed by atoms with van der Waals surface area (Å²) in [6.45, 7) is 0. The van der Waals surface area contributed by atoms with Gasteiger partial charge in [0.25, 0.3) is 5.69 Å². The minimum atomic E-state index is -0.605. The van der Waals surface area contributed by atoms with Gasteiger partial charge in [0, 0.05) is 12.1 Å². The summed E-state index contributed by atoms with van der Waals surface area (Å²) < 4.78 is 5.15. The second-order valence-corrected chi connectivity index (χ2v) is 4.25. The molecule has 0 saturated heterocycles. The maximum Gasteiger partial charge on any atom is 0.338 e. The van der Waals surface area contributed by atoms with Crippen LogP contribution in [0.25, 0.3) is 0 Å². The average Bonchev–Trinajstić information content (AvgIpc) is 2.75. The third-order valence-corrected chi connectivity index (χ3v) is 2.99. The molecular formula is C12H13NO5. The van der Waals surface area contributed by atoms with Crippen molar-refractivity contribution in [3.63, 3.8) is 0 Å². The number of benzene rings is 1. The first-order chi connectivity index (χ1) is 8.58. The van der Waals surface area contributed by atoms with Crippen LogP contribution in [0.3, 0.4) is 0 Å². The van der Waals surface area contributed by atoms with Crippen LogP contribution >= 0.6 is 0 Å². The smallest absolute Gasteiger partial charge is 0.338 e. The summed E-state index contributed by atoms with van der Waals surface area (Å²) in [5.74, 6) is -0.559. The number of nitro benzene ring substituents is 1. The predicted octanol–water partition coefficient (Wildman–Crippen LogP) is 1.66. The van der Waals surface area contributed by atoms with Gasteiger partial charge < -0.3 is 9.84 Å². The van der Waals surface area contributed by atoms with Crippen molar-refractivity contribution in [3.05, 3.63) is 39.9 Å². The van der Waals surface area contributed by atoms with Crippen molar-refractivity contribution < 1.29 is 19.6 Å². The maximum absolute atomic E-state index is 11.7. The maximum atomic E-state index is 11.7. The van der Waals surface area contributed by atoms with Crippen LogP contribution in [0.15, 0.2) is 24.3 Å². The molecule has 6 nitrogen and oxygen atoms in total. The topological polar surface area (TPSA) is 89.7 Å². The zero-order chi connectivity index (χ0) is 13.1. The van der Waals surface area contributed by atoms with E-state index in [-0.39, 0.29) is 11.3 Å². The highest BCUT2D eigenvalue weighted by Crippen LogP contribution is 2.23. The number of carbonyl (C=O) groups is 1. The van der Waals surface area contributed by atoms with Gasteiger partial charge in [-0.2, -0.15) is 0 Å². The molecule has 0 amide bonds. The third kappa shape index (κ3) is 2.65. The molecule has 1 fully saturated rings. The van der Waals surface area contributed by atoms with Gasteiger partial charge in [-0.05, 0) is 31.4 Å². The van der Waals surface area contributed by atoms with Gasteiger partial charge in [-0.3, -0.25) is 10.1 Å². The molecule has 0 radical (unpaired) electrons. The van der Waals surface area contributed by atoms with Crippen LogP contribution < -0.4 is 0 Å². The zero-order valence-electron chi connectivity index (χ0n) is 9.61. The summed E-state index contributed by atoms with van der Waals surface area (Å²) in [6, 6.07) is 5.20. The van der Waals surface area contributed by atoms with E-state index in [2.05, 4.69) is 0 Å². The molecule has 2 atom stereocenters. The van der Waals surface area contributed by atoms with E-state index in [0.717, 1.165) is 6.42 Å². The Morgan fingerprint density at radius 2 is 2.00 bits per heavy atom. The van der Waals surface area contributed by atoms with Crippen molar-refractivity contribution in [2.24, 2.45) is 0 Å². The summed E-state index contributed by atoms with van der Waals surface area (Å²) in [4.78, 5) is 21.7. The fourth-order valence-electron chi connectivity index (χ4n) is 1.97. The van der Waals surface area contributed by atoms with Crippen LogP contribution in [-0.4, -0.2) is 28.2 Å². The number of carbonyl (C=O) groups excluding carboxylic acids is 1. The predicted molar refractivity (Wildman–Crippen MR) is 62.2 cm³/mol. The average molecular weight is 251 g/mol. The normalized spacial score (nSPS) is 22.7. The lowest BCUT2D eigenvalue weighted by molar-refractivity contribution is -0.384. The van der Waals surface area contributed by atoms with Gasteiger partial charge in [0.1, 0.15) is 6.10 Å². The van der Waals surface area contributed by atoms with Crippen LogP contribution in [0.4, 0.5) is 5.69 Å². The van der Waals surface area contributed by atoms with Gasteiger partial charge in [-0.1, -0.05) is 0 Å². The Hall–Kier alpha value is -1.95. The summed E-state index contributed by atoms with van der Waals surface area (Å²) in [7, 11) is 0. The van der Waals surface area contributed by atoms with Crippen molar-refractivity contribution in [2.45, 2.75) is 31.5 Å². The van der Waals surface area contributed by atoms with E-state index in [1.165, 1.54) is 24.3 Å². The van der Waals surface area contributed by atoms with Gasteiger partial charge in [-0.25, -0.2) is 4.79 Å². The molecule has 2 rings (SSSR count). The summed E-state index contributed by atoms with van der Waals surface area (Å²) in [6.07, 6.45) is 1.05. The van der Waals surface area contributed by atoms with Crippen molar-refractivity contribution >= 4 is 11.7 Å². The number of aliphatic hydroxyl groups is 1. The van der Waals surface area contributed by atoms with E-state index in [9.17, 15) is 20.0 Å². The molecule has 6 heteroatoms. The quantitative estimate of drug-likeness (QED) is 0.501.